The molecule has 1 aliphatic heterocycles. The third-order valence-electron chi connectivity index (χ3n) is 5.75. The summed E-state index contributed by atoms with van der Waals surface area (Å²) in [5.41, 5.74) is 0.334. The van der Waals surface area contributed by atoms with Crippen molar-refractivity contribution in [3.05, 3.63) is 40.1 Å². The summed E-state index contributed by atoms with van der Waals surface area (Å²) < 4.78 is 40.8. The highest BCUT2D eigenvalue weighted by Crippen LogP contribution is 2.56. The van der Waals surface area contributed by atoms with Gasteiger partial charge in [0.2, 0.25) is 0 Å². The average molecular weight is 421 g/mol. The van der Waals surface area contributed by atoms with Gasteiger partial charge < -0.3 is 9.88 Å². The highest BCUT2D eigenvalue weighted by atomic mass is 35.5. The Morgan fingerprint density at radius 2 is 2.04 bits per heavy atom. The minimum Gasteiger partial charge on any atom is -0.337 e. The van der Waals surface area contributed by atoms with E-state index in [4.69, 9.17) is 0 Å². The van der Waals surface area contributed by atoms with Crippen molar-refractivity contribution >= 4 is 23.7 Å². The van der Waals surface area contributed by atoms with Crippen molar-refractivity contribution in [1.29, 1.82) is 0 Å². The summed E-state index contributed by atoms with van der Waals surface area (Å²) in [5, 5.41) is 3.41. The van der Waals surface area contributed by atoms with Gasteiger partial charge in [-0.3, -0.25) is 4.90 Å². The lowest BCUT2D eigenvalue weighted by atomic mass is 9.93. The molecule has 1 saturated carbocycles. The normalized spacial score (nSPS) is 21.4. The average Bonchev–Trinajstić information content (AvgIpc) is 2.94. The fraction of sp³-hybridized carbons (Fsp3) is 0.611. The highest BCUT2D eigenvalue weighted by molar-refractivity contribution is 7.12. The molecule has 1 aliphatic carbocycles. The van der Waals surface area contributed by atoms with Gasteiger partial charge in [-0.05, 0) is 49.9 Å². The van der Waals surface area contributed by atoms with Crippen molar-refractivity contribution in [2.75, 3.05) is 13.1 Å². The first kappa shape index (κ1) is 20.6. The summed E-state index contributed by atoms with van der Waals surface area (Å²) in [4.78, 5) is 7.00. The van der Waals surface area contributed by atoms with Gasteiger partial charge in [0.15, 0.2) is 0 Å². The Balaban J connectivity index is 0.00000210. The second-order valence-electron chi connectivity index (χ2n) is 7.46. The van der Waals surface area contributed by atoms with Crippen LogP contribution in [0.4, 0.5) is 13.2 Å². The maximum Gasteiger partial charge on any atom is 0.425 e. The standard InChI is InChI=1S/C18H23F3N4S.ClH/c1-24-9-8-23-16(24)12-25(14-10-17(14)4-6-22-7-5-17)11-13-2-3-15(26-13)18(19,20)21;/h2-3,8-9,14,22H,4-7,10-12H2,1H3;1H. The molecule has 0 radical (unpaired) electrons. The summed E-state index contributed by atoms with van der Waals surface area (Å²) in [7, 11) is 1.96. The molecule has 0 bridgehead atoms. The number of thiophene rings is 1. The van der Waals surface area contributed by atoms with E-state index in [0.717, 1.165) is 54.4 Å². The van der Waals surface area contributed by atoms with E-state index in [-0.39, 0.29) is 12.4 Å². The predicted octanol–water partition coefficient (Wildman–Crippen LogP) is 4.07. The Morgan fingerprint density at radius 3 is 2.63 bits per heavy atom. The smallest absolute Gasteiger partial charge is 0.337 e. The van der Waals surface area contributed by atoms with Crippen LogP contribution in [0.5, 0.6) is 0 Å². The molecule has 0 aromatic carbocycles. The largest absolute Gasteiger partial charge is 0.425 e. The summed E-state index contributed by atoms with van der Waals surface area (Å²) in [5.74, 6) is 0.952. The van der Waals surface area contributed by atoms with Crippen LogP contribution in [0.1, 0.15) is 34.8 Å². The fourth-order valence-corrected chi connectivity index (χ4v) is 5.03. The number of hydrogen-bond acceptors (Lipinski definition) is 4. The van der Waals surface area contributed by atoms with Crippen LogP contribution < -0.4 is 5.32 Å². The number of nitrogens with one attached hydrogen (secondary N) is 1. The Hall–Kier alpha value is -1.09. The molecule has 27 heavy (non-hydrogen) atoms. The molecule has 150 valence electrons. The van der Waals surface area contributed by atoms with E-state index in [1.54, 1.807) is 12.3 Å². The van der Waals surface area contributed by atoms with Gasteiger partial charge >= 0.3 is 6.18 Å². The van der Waals surface area contributed by atoms with Crippen molar-refractivity contribution in [2.24, 2.45) is 12.5 Å². The molecule has 9 heteroatoms. The molecule has 2 aliphatic rings. The summed E-state index contributed by atoms with van der Waals surface area (Å²) in [6.45, 7) is 3.28. The van der Waals surface area contributed by atoms with Crippen molar-refractivity contribution in [3.8, 4) is 0 Å². The lowest BCUT2D eigenvalue weighted by molar-refractivity contribution is -0.134. The second kappa shape index (κ2) is 7.73. The van der Waals surface area contributed by atoms with Gasteiger partial charge in [0, 0.05) is 36.9 Å². The molecule has 1 N–H and O–H groups in total. The van der Waals surface area contributed by atoms with Crippen LogP contribution in [0.3, 0.4) is 0 Å². The van der Waals surface area contributed by atoms with Crippen LogP contribution in [0.25, 0.3) is 0 Å². The van der Waals surface area contributed by atoms with E-state index >= 15 is 0 Å². The third kappa shape index (κ3) is 4.34. The maximum atomic E-state index is 12.9. The molecule has 1 saturated heterocycles. The maximum absolute atomic E-state index is 12.9. The Morgan fingerprint density at radius 1 is 1.30 bits per heavy atom. The molecule has 2 fully saturated rings. The molecular formula is C18H24ClF3N4S. The zero-order chi connectivity index (χ0) is 18.4. The topological polar surface area (TPSA) is 33.1 Å². The molecule has 2 aromatic rings. The van der Waals surface area contributed by atoms with Crippen molar-refractivity contribution in [1.82, 2.24) is 19.8 Å². The molecule has 3 heterocycles. The van der Waals surface area contributed by atoms with Gasteiger partial charge in [0.1, 0.15) is 10.7 Å². The van der Waals surface area contributed by atoms with Crippen LogP contribution in [0.15, 0.2) is 24.5 Å². The zero-order valence-corrected chi connectivity index (χ0v) is 16.8. The van der Waals surface area contributed by atoms with Crippen LogP contribution in [-0.2, 0) is 26.3 Å². The minimum atomic E-state index is -4.26. The number of hydrogen-bond donors (Lipinski definition) is 1. The van der Waals surface area contributed by atoms with Gasteiger partial charge in [-0.2, -0.15) is 13.2 Å². The van der Waals surface area contributed by atoms with E-state index in [1.165, 1.54) is 6.07 Å². The Labute approximate surface area is 167 Å². The molecule has 1 spiro atoms. The van der Waals surface area contributed by atoms with Crippen molar-refractivity contribution in [3.63, 3.8) is 0 Å². The summed E-state index contributed by atoms with van der Waals surface area (Å²) in [6.07, 6.45) is 2.85. The number of imidazole rings is 1. The number of aryl methyl sites for hydroxylation is 1. The molecule has 4 rings (SSSR count). The number of alkyl halides is 3. The summed E-state index contributed by atoms with van der Waals surface area (Å²) >= 11 is 0.859. The molecule has 0 amide bonds. The van der Waals surface area contributed by atoms with Crippen LogP contribution in [0.2, 0.25) is 0 Å². The fourth-order valence-electron chi connectivity index (χ4n) is 4.13. The predicted molar refractivity (Wildman–Crippen MR) is 102 cm³/mol. The van der Waals surface area contributed by atoms with Gasteiger partial charge in [-0.1, -0.05) is 0 Å². The van der Waals surface area contributed by atoms with E-state index in [0.29, 0.717) is 24.5 Å². The first-order valence-electron chi connectivity index (χ1n) is 8.94. The van der Waals surface area contributed by atoms with Crippen LogP contribution >= 0.6 is 23.7 Å². The lowest BCUT2D eigenvalue weighted by Gasteiger charge is -2.29. The number of piperidine rings is 1. The minimum absolute atomic E-state index is 0. The number of aromatic nitrogens is 2. The molecular weight excluding hydrogens is 397 g/mol. The van der Waals surface area contributed by atoms with Gasteiger partial charge in [0.25, 0.3) is 0 Å². The molecule has 1 unspecified atom stereocenters. The van der Waals surface area contributed by atoms with Crippen LogP contribution in [-0.4, -0.2) is 33.6 Å². The van der Waals surface area contributed by atoms with E-state index < -0.39 is 11.1 Å². The van der Waals surface area contributed by atoms with Crippen molar-refractivity contribution < 1.29 is 13.2 Å². The lowest BCUT2D eigenvalue weighted by Crippen LogP contribution is -2.36. The van der Waals surface area contributed by atoms with Gasteiger partial charge in [-0.15, -0.1) is 23.7 Å². The first-order valence-corrected chi connectivity index (χ1v) is 9.76. The highest BCUT2D eigenvalue weighted by Gasteiger charge is 2.56. The Kier molecular flexibility index (Phi) is 5.91. The zero-order valence-electron chi connectivity index (χ0n) is 15.1. The van der Waals surface area contributed by atoms with Crippen LogP contribution in [0, 0.1) is 5.41 Å². The van der Waals surface area contributed by atoms with Gasteiger partial charge in [0.05, 0.1) is 6.54 Å². The van der Waals surface area contributed by atoms with Gasteiger partial charge in [-0.25, -0.2) is 4.98 Å². The van der Waals surface area contributed by atoms with E-state index in [2.05, 4.69) is 15.2 Å². The SMILES string of the molecule is Cl.Cn1ccnc1CN(Cc1ccc(C(F)(F)F)s1)C1CC12CCNCC2. The van der Waals surface area contributed by atoms with Crippen molar-refractivity contribution in [2.45, 2.75) is 44.6 Å². The second-order valence-corrected chi connectivity index (χ2v) is 8.62. The molecule has 4 nitrogen and oxygen atoms in total. The quantitative estimate of drug-likeness (QED) is 0.791. The third-order valence-corrected chi connectivity index (χ3v) is 6.87. The summed E-state index contributed by atoms with van der Waals surface area (Å²) in [6, 6.07) is 3.25. The number of halogens is 4. The Bertz CT molecular complexity index is 767. The number of nitrogens with zero attached hydrogens (tertiary/aromatic N) is 3. The van der Waals surface area contributed by atoms with E-state index in [1.807, 2.05) is 17.8 Å². The molecule has 2 aromatic heterocycles. The van der Waals surface area contributed by atoms with E-state index in [9.17, 15) is 13.2 Å². The number of rotatable bonds is 5. The first-order chi connectivity index (χ1) is 12.4. The monoisotopic (exact) mass is 420 g/mol. The molecule has 1 atom stereocenters.